The van der Waals surface area contributed by atoms with Crippen LogP contribution in [0.2, 0.25) is 0 Å². The molecule has 2 N–H and O–H groups in total. The maximum absolute atomic E-state index is 6.13. The van der Waals surface area contributed by atoms with Gasteiger partial charge < -0.3 is 5.73 Å². The van der Waals surface area contributed by atoms with Gasteiger partial charge in [0.1, 0.15) is 0 Å². The van der Waals surface area contributed by atoms with E-state index in [0.29, 0.717) is 6.04 Å². The zero-order chi connectivity index (χ0) is 10.6. The summed E-state index contributed by atoms with van der Waals surface area (Å²) in [5, 5.41) is 0. The molecule has 1 heterocycles. The highest BCUT2D eigenvalue weighted by Gasteiger charge is 2.24. The van der Waals surface area contributed by atoms with Crippen molar-refractivity contribution in [3.8, 4) is 0 Å². The maximum atomic E-state index is 6.13. The third kappa shape index (κ3) is 3.58. The van der Waals surface area contributed by atoms with Crippen molar-refractivity contribution in [1.29, 1.82) is 0 Å². The number of likely N-dealkylation sites (tertiary alicyclic amines) is 1. The lowest BCUT2D eigenvalue weighted by Crippen LogP contribution is -2.40. The number of hydrogen-bond acceptors (Lipinski definition) is 2. The first-order valence-electron chi connectivity index (χ1n) is 6.13. The van der Waals surface area contributed by atoms with Crippen LogP contribution in [0.5, 0.6) is 0 Å². The zero-order valence-electron chi connectivity index (χ0n) is 10.00. The second kappa shape index (κ2) is 5.72. The van der Waals surface area contributed by atoms with E-state index in [1.54, 1.807) is 0 Å². The molecule has 2 atom stereocenters. The summed E-state index contributed by atoms with van der Waals surface area (Å²) in [6.07, 6.45) is 5.19. The molecular weight excluding hydrogens is 172 g/mol. The molecule has 0 bridgehead atoms. The zero-order valence-corrected chi connectivity index (χ0v) is 10.00. The Balaban J connectivity index is 2.28. The van der Waals surface area contributed by atoms with Crippen LogP contribution in [0.4, 0.5) is 0 Å². The van der Waals surface area contributed by atoms with Crippen molar-refractivity contribution in [3.05, 3.63) is 0 Å². The third-order valence-corrected chi connectivity index (χ3v) is 3.21. The molecule has 1 saturated heterocycles. The van der Waals surface area contributed by atoms with E-state index in [4.69, 9.17) is 5.73 Å². The Morgan fingerprint density at radius 3 is 2.71 bits per heavy atom. The molecule has 1 fully saturated rings. The van der Waals surface area contributed by atoms with Crippen molar-refractivity contribution >= 4 is 0 Å². The van der Waals surface area contributed by atoms with E-state index in [2.05, 4.69) is 25.7 Å². The van der Waals surface area contributed by atoms with Gasteiger partial charge in [0.05, 0.1) is 0 Å². The van der Waals surface area contributed by atoms with E-state index in [0.717, 1.165) is 24.9 Å². The molecular formula is C12H26N2. The van der Waals surface area contributed by atoms with Gasteiger partial charge in [-0.05, 0) is 38.1 Å². The van der Waals surface area contributed by atoms with E-state index in [1.807, 2.05) is 0 Å². The van der Waals surface area contributed by atoms with E-state index in [1.165, 1.54) is 25.8 Å². The van der Waals surface area contributed by atoms with Gasteiger partial charge in [0.25, 0.3) is 0 Å². The maximum Gasteiger partial charge on any atom is 0.0170 e. The fourth-order valence-corrected chi connectivity index (χ4v) is 2.58. The Bertz CT molecular complexity index is 156. The molecule has 1 aliphatic rings. The lowest BCUT2D eigenvalue weighted by atomic mass is 10.0. The average molecular weight is 198 g/mol. The number of rotatable bonds is 5. The topological polar surface area (TPSA) is 29.3 Å². The summed E-state index contributed by atoms with van der Waals surface area (Å²) in [7, 11) is 0. The molecule has 2 unspecified atom stereocenters. The van der Waals surface area contributed by atoms with Crippen LogP contribution in [0.25, 0.3) is 0 Å². The van der Waals surface area contributed by atoms with Crippen LogP contribution in [0.1, 0.15) is 46.5 Å². The fourth-order valence-electron chi connectivity index (χ4n) is 2.58. The average Bonchev–Trinajstić information content (AvgIpc) is 2.50. The largest absolute Gasteiger partial charge is 0.327 e. The summed E-state index contributed by atoms with van der Waals surface area (Å²) in [4.78, 5) is 2.59. The SMILES string of the molecule is CCC1CCCN1CC(N)CC(C)C. The van der Waals surface area contributed by atoms with Gasteiger partial charge in [0.2, 0.25) is 0 Å². The molecule has 14 heavy (non-hydrogen) atoms. The molecule has 2 heteroatoms. The van der Waals surface area contributed by atoms with Crippen LogP contribution in [-0.4, -0.2) is 30.1 Å². The van der Waals surface area contributed by atoms with Crippen molar-refractivity contribution in [2.75, 3.05) is 13.1 Å². The third-order valence-electron chi connectivity index (χ3n) is 3.21. The standard InChI is InChI=1S/C12H26N2/c1-4-12-6-5-7-14(12)9-11(13)8-10(2)3/h10-12H,4-9,13H2,1-3H3. The van der Waals surface area contributed by atoms with Crippen LogP contribution < -0.4 is 5.73 Å². The molecule has 0 radical (unpaired) electrons. The first-order chi connectivity index (χ1) is 6.63. The summed E-state index contributed by atoms with van der Waals surface area (Å²) in [5.74, 6) is 0.729. The predicted molar refractivity (Wildman–Crippen MR) is 62.3 cm³/mol. The first kappa shape index (κ1) is 12.0. The number of nitrogens with two attached hydrogens (primary N) is 1. The summed E-state index contributed by atoms with van der Waals surface area (Å²) in [6.45, 7) is 9.17. The second-order valence-corrected chi connectivity index (χ2v) is 5.09. The molecule has 0 spiro atoms. The highest BCUT2D eigenvalue weighted by molar-refractivity contribution is 4.81. The van der Waals surface area contributed by atoms with E-state index >= 15 is 0 Å². The Kier molecular flexibility index (Phi) is 4.90. The molecule has 1 aliphatic heterocycles. The Morgan fingerprint density at radius 2 is 2.14 bits per heavy atom. The molecule has 0 amide bonds. The minimum absolute atomic E-state index is 0.377. The summed E-state index contributed by atoms with van der Waals surface area (Å²) >= 11 is 0. The van der Waals surface area contributed by atoms with Crippen LogP contribution in [0.3, 0.4) is 0 Å². The molecule has 1 rings (SSSR count). The number of nitrogens with zero attached hydrogens (tertiary/aromatic N) is 1. The first-order valence-corrected chi connectivity index (χ1v) is 6.13. The molecule has 0 saturated carbocycles. The van der Waals surface area contributed by atoms with Crippen molar-refractivity contribution in [3.63, 3.8) is 0 Å². The smallest absolute Gasteiger partial charge is 0.0170 e. The minimum Gasteiger partial charge on any atom is -0.327 e. The van der Waals surface area contributed by atoms with Gasteiger partial charge in [0.15, 0.2) is 0 Å². The Morgan fingerprint density at radius 1 is 1.43 bits per heavy atom. The Hall–Kier alpha value is -0.0800. The van der Waals surface area contributed by atoms with E-state index in [-0.39, 0.29) is 0 Å². The van der Waals surface area contributed by atoms with Gasteiger partial charge in [-0.25, -0.2) is 0 Å². The van der Waals surface area contributed by atoms with Crippen molar-refractivity contribution < 1.29 is 0 Å². The van der Waals surface area contributed by atoms with Gasteiger partial charge >= 0.3 is 0 Å². The molecule has 84 valence electrons. The Labute approximate surface area is 88.8 Å². The second-order valence-electron chi connectivity index (χ2n) is 5.09. The van der Waals surface area contributed by atoms with Gasteiger partial charge in [-0.3, -0.25) is 4.90 Å². The van der Waals surface area contributed by atoms with Gasteiger partial charge in [-0.15, -0.1) is 0 Å². The van der Waals surface area contributed by atoms with E-state index < -0.39 is 0 Å². The molecule has 0 aromatic carbocycles. The fraction of sp³-hybridized carbons (Fsp3) is 1.00. The van der Waals surface area contributed by atoms with E-state index in [9.17, 15) is 0 Å². The van der Waals surface area contributed by atoms with Crippen LogP contribution in [-0.2, 0) is 0 Å². The van der Waals surface area contributed by atoms with Gasteiger partial charge in [-0.2, -0.15) is 0 Å². The highest BCUT2D eigenvalue weighted by Crippen LogP contribution is 2.20. The van der Waals surface area contributed by atoms with Crippen molar-refractivity contribution in [2.24, 2.45) is 11.7 Å². The quantitative estimate of drug-likeness (QED) is 0.734. The minimum atomic E-state index is 0.377. The van der Waals surface area contributed by atoms with Crippen LogP contribution >= 0.6 is 0 Å². The lowest BCUT2D eigenvalue weighted by Gasteiger charge is -2.27. The van der Waals surface area contributed by atoms with Gasteiger partial charge in [-0.1, -0.05) is 20.8 Å². The summed E-state index contributed by atoms with van der Waals surface area (Å²) in [6, 6.07) is 1.19. The molecule has 2 nitrogen and oxygen atoms in total. The lowest BCUT2D eigenvalue weighted by molar-refractivity contribution is 0.224. The van der Waals surface area contributed by atoms with Gasteiger partial charge in [0, 0.05) is 18.6 Å². The predicted octanol–water partition coefficient (Wildman–Crippen LogP) is 2.23. The monoisotopic (exact) mass is 198 g/mol. The molecule has 0 aliphatic carbocycles. The van der Waals surface area contributed by atoms with Crippen LogP contribution in [0.15, 0.2) is 0 Å². The summed E-state index contributed by atoms with van der Waals surface area (Å²) in [5.41, 5.74) is 6.13. The number of hydrogen-bond donors (Lipinski definition) is 1. The molecule has 0 aromatic heterocycles. The van der Waals surface area contributed by atoms with Crippen molar-refractivity contribution in [1.82, 2.24) is 4.90 Å². The highest BCUT2D eigenvalue weighted by atomic mass is 15.2. The summed E-state index contributed by atoms with van der Waals surface area (Å²) < 4.78 is 0. The normalized spacial score (nSPS) is 25.9. The van der Waals surface area contributed by atoms with Crippen LogP contribution in [0, 0.1) is 5.92 Å². The molecule has 0 aromatic rings. The van der Waals surface area contributed by atoms with Crippen molar-refractivity contribution in [2.45, 2.75) is 58.5 Å².